The molecule has 2 unspecified atom stereocenters. The number of aromatic carboxylic acids is 1. The van der Waals surface area contributed by atoms with Crippen LogP contribution in [0.2, 0.25) is 0 Å². The quantitative estimate of drug-likeness (QED) is 0.866. The lowest BCUT2D eigenvalue weighted by Crippen LogP contribution is -2.30. The van der Waals surface area contributed by atoms with Crippen LogP contribution in [-0.2, 0) is 0 Å². The van der Waals surface area contributed by atoms with Gasteiger partial charge in [0.15, 0.2) is 5.13 Å². The van der Waals surface area contributed by atoms with Crippen LogP contribution in [0.5, 0.6) is 0 Å². The maximum Gasteiger partial charge on any atom is 0.347 e. The second-order valence-corrected chi connectivity index (χ2v) is 6.49. The van der Waals surface area contributed by atoms with Crippen LogP contribution in [0.3, 0.4) is 0 Å². The van der Waals surface area contributed by atoms with Gasteiger partial charge in [-0.15, -0.1) is 0 Å². The molecular formula is C14H22N2O2S. The first kappa shape index (κ1) is 14.3. The summed E-state index contributed by atoms with van der Waals surface area (Å²) in [6.07, 6.45) is 3.47. The third-order valence-electron chi connectivity index (χ3n) is 4.13. The van der Waals surface area contributed by atoms with Crippen LogP contribution in [-0.4, -0.2) is 29.1 Å². The van der Waals surface area contributed by atoms with E-state index < -0.39 is 5.97 Å². The maximum atomic E-state index is 11.3. The average Bonchev–Trinajstić information content (AvgIpc) is 3.14. The summed E-state index contributed by atoms with van der Waals surface area (Å²) in [6.45, 7) is 6.30. The number of rotatable bonds is 6. The average molecular weight is 282 g/mol. The number of hydrogen-bond acceptors (Lipinski definition) is 4. The highest BCUT2D eigenvalue weighted by Gasteiger charge is 2.32. The zero-order chi connectivity index (χ0) is 14.2. The van der Waals surface area contributed by atoms with Gasteiger partial charge in [0.1, 0.15) is 4.88 Å². The van der Waals surface area contributed by atoms with Gasteiger partial charge >= 0.3 is 5.97 Å². The molecule has 2 atom stereocenters. The molecule has 0 radical (unpaired) electrons. The first-order valence-corrected chi connectivity index (χ1v) is 7.74. The number of hydrogen-bond donors (Lipinski definition) is 1. The van der Waals surface area contributed by atoms with Crippen LogP contribution >= 0.6 is 11.3 Å². The number of carbonyl (C=O) groups is 1. The van der Waals surface area contributed by atoms with Crippen molar-refractivity contribution in [1.29, 1.82) is 0 Å². The fourth-order valence-electron chi connectivity index (χ4n) is 2.22. The predicted octanol–water partition coefficient (Wildman–Crippen LogP) is 3.59. The summed E-state index contributed by atoms with van der Waals surface area (Å²) in [4.78, 5) is 18.5. The zero-order valence-electron chi connectivity index (χ0n) is 12.0. The van der Waals surface area contributed by atoms with Crippen molar-refractivity contribution < 1.29 is 9.90 Å². The first-order chi connectivity index (χ1) is 8.95. The Morgan fingerprint density at radius 1 is 1.53 bits per heavy atom. The number of thiazole rings is 1. The van der Waals surface area contributed by atoms with Crippen molar-refractivity contribution in [2.75, 3.05) is 11.9 Å². The molecule has 19 heavy (non-hydrogen) atoms. The van der Waals surface area contributed by atoms with Crippen molar-refractivity contribution in [2.24, 2.45) is 5.92 Å². The molecule has 0 saturated heterocycles. The molecule has 1 heterocycles. The Morgan fingerprint density at radius 3 is 2.63 bits per heavy atom. The molecule has 4 nitrogen and oxygen atoms in total. The van der Waals surface area contributed by atoms with Gasteiger partial charge in [0.05, 0.1) is 5.69 Å². The van der Waals surface area contributed by atoms with Gasteiger partial charge in [-0.2, -0.15) is 0 Å². The van der Waals surface area contributed by atoms with E-state index in [1.165, 1.54) is 24.2 Å². The van der Waals surface area contributed by atoms with Gasteiger partial charge in [0.25, 0.3) is 0 Å². The highest BCUT2D eigenvalue weighted by atomic mass is 32.1. The molecule has 1 saturated carbocycles. The van der Waals surface area contributed by atoms with E-state index >= 15 is 0 Å². The number of carboxylic acids is 1. The minimum absolute atomic E-state index is 0.195. The Bertz CT molecular complexity index is 468. The van der Waals surface area contributed by atoms with E-state index in [0.29, 0.717) is 10.9 Å². The minimum Gasteiger partial charge on any atom is -0.477 e. The Hall–Kier alpha value is -1.10. The van der Waals surface area contributed by atoms with Crippen molar-refractivity contribution in [3.05, 3.63) is 10.6 Å². The van der Waals surface area contributed by atoms with Crippen LogP contribution in [0.1, 0.15) is 61.3 Å². The Labute approximate surface area is 118 Å². The summed E-state index contributed by atoms with van der Waals surface area (Å²) in [5.74, 6) is 0.0847. The molecule has 106 valence electrons. The van der Waals surface area contributed by atoms with Crippen molar-refractivity contribution in [1.82, 2.24) is 4.98 Å². The molecule has 0 amide bonds. The molecule has 0 aliphatic heterocycles. The Morgan fingerprint density at radius 2 is 2.16 bits per heavy atom. The molecule has 0 aromatic carbocycles. The molecule has 2 rings (SSSR count). The lowest BCUT2D eigenvalue weighted by molar-refractivity contribution is 0.0700. The van der Waals surface area contributed by atoms with Crippen LogP contribution < -0.4 is 4.90 Å². The highest BCUT2D eigenvalue weighted by Crippen LogP contribution is 2.38. The van der Waals surface area contributed by atoms with E-state index in [-0.39, 0.29) is 5.92 Å². The van der Waals surface area contributed by atoms with E-state index in [0.717, 1.165) is 23.2 Å². The van der Waals surface area contributed by atoms with Gasteiger partial charge in [0.2, 0.25) is 0 Å². The van der Waals surface area contributed by atoms with Crippen LogP contribution in [0.4, 0.5) is 5.13 Å². The van der Waals surface area contributed by atoms with Gasteiger partial charge in [0, 0.05) is 13.1 Å². The summed E-state index contributed by atoms with van der Waals surface area (Å²) in [5.41, 5.74) is 0.741. The van der Waals surface area contributed by atoms with Gasteiger partial charge in [-0.05, 0) is 38.0 Å². The largest absolute Gasteiger partial charge is 0.477 e. The summed E-state index contributed by atoms with van der Waals surface area (Å²) in [7, 11) is 2.02. The van der Waals surface area contributed by atoms with Gasteiger partial charge in [-0.3, -0.25) is 0 Å². The summed E-state index contributed by atoms with van der Waals surface area (Å²) in [5, 5.41) is 10.2. The second kappa shape index (κ2) is 5.49. The minimum atomic E-state index is -0.855. The lowest BCUT2D eigenvalue weighted by Gasteiger charge is -2.24. The summed E-state index contributed by atoms with van der Waals surface area (Å²) in [6, 6.07) is 0.442. The first-order valence-electron chi connectivity index (χ1n) is 6.92. The van der Waals surface area contributed by atoms with Gasteiger partial charge < -0.3 is 10.0 Å². The van der Waals surface area contributed by atoms with Gasteiger partial charge in [-0.1, -0.05) is 25.2 Å². The predicted molar refractivity (Wildman–Crippen MR) is 78.4 cm³/mol. The number of aromatic nitrogens is 1. The lowest BCUT2D eigenvalue weighted by atomic mass is 10.0. The Balaban J connectivity index is 2.28. The third-order valence-corrected chi connectivity index (χ3v) is 5.28. The van der Waals surface area contributed by atoms with Crippen molar-refractivity contribution in [3.8, 4) is 0 Å². The van der Waals surface area contributed by atoms with Gasteiger partial charge in [-0.25, -0.2) is 9.78 Å². The molecule has 0 spiro atoms. The number of anilines is 1. The van der Waals surface area contributed by atoms with Crippen molar-refractivity contribution >= 4 is 22.4 Å². The van der Waals surface area contributed by atoms with E-state index in [1.54, 1.807) is 0 Å². The molecule has 5 heteroatoms. The molecule has 0 bridgehead atoms. The number of carboxylic acid groups (broad SMARTS) is 1. The molecular weight excluding hydrogens is 260 g/mol. The van der Waals surface area contributed by atoms with Crippen molar-refractivity contribution in [2.45, 2.75) is 52.0 Å². The van der Waals surface area contributed by atoms with E-state index in [2.05, 4.69) is 23.7 Å². The Kier molecular flexibility index (Phi) is 4.13. The molecule has 1 aromatic heterocycles. The SMILES string of the molecule is CCC(C)c1nc(N(C)C(C)C2CC2)sc1C(=O)O. The second-order valence-electron chi connectivity index (χ2n) is 5.51. The third kappa shape index (κ3) is 2.91. The fraction of sp³-hybridized carbons (Fsp3) is 0.714. The van der Waals surface area contributed by atoms with E-state index in [9.17, 15) is 9.90 Å². The monoisotopic (exact) mass is 282 g/mol. The standard InChI is InChI=1S/C14H22N2O2S/c1-5-8(2)11-12(13(17)18)19-14(15-11)16(4)9(3)10-6-7-10/h8-10H,5-7H2,1-4H3,(H,17,18). The topological polar surface area (TPSA) is 53.4 Å². The highest BCUT2D eigenvalue weighted by molar-refractivity contribution is 7.17. The molecule has 1 N–H and O–H groups in total. The summed E-state index contributed by atoms with van der Waals surface area (Å²) >= 11 is 1.31. The molecule has 1 aromatic rings. The number of nitrogens with zero attached hydrogens (tertiary/aromatic N) is 2. The molecule has 1 aliphatic carbocycles. The van der Waals surface area contributed by atoms with Crippen LogP contribution in [0, 0.1) is 5.92 Å². The van der Waals surface area contributed by atoms with Crippen molar-refractivity contribution in [3.63, 3.8) is 0 Å². The maximum absolute atomic E-state index is 11.3. The van der Waals surface area contributed by atoms with E-state index in [1.807, 2.05) is 14.0 Å². The molecule has 1 aliphatic rings. The smallest absolute Gasteiger partial charge is 0.347 e. The van der Waals surface area contributed by atoms with Crippen LogP contribution in [0.15, 0.2) is 0 Å². The van der Waals surface area contributed by atoms with Crippen LogP contribution in [0.25, 0.3) is 0 Å². The zero-order valence-corrected chi connectivity index (χ0v) is 12.8. The normalized spacial score (nSPS) is 18.1. The van der Waals surface area contributed by atoms with E-state index in [4.69, 9.17) is 0 Å². The fourth-order valence-corrected chi connectivity index (χ4v) is 3.30. The molecule has 1 fully saturated rings. The summed E-state index contributed by atoms with van der Waals surface area (Å²) < 4.78 is 0.